The highest BCUT2D eigenvalue weighted by Gasteiger charge is 2.31. The highest BCUT2D eigenvalue weighted by molar-refractivity contribution is 5.77. The maximum atomic E-state index is 14.3. The third-order valence-electron chi connectivity index (χ3n) is 7.37. The standard InChI is InChI=1S/C31H33FN4O3/c1-3-39-30(37)29(24-9-5-4-6-10-24)34-19-17-33(18-20-34)25-13-15-26(16-14-25)36-22-21-35(31(36)38)23(2)27-11-7-8-12-28(27)32/h4-16,21-23,29H,3,17-20H2,1-2H3/t23-,29+/m1/s1. The van der Waals surface area contributed by atoms with E-state index in [1.807, 2.05) is 68.4 Å². The molecule has 7 nitrogen and oxygen atoms in total. The minimum absolute atomic E-state index is 0.219. The molecule has 1 aliphatic heterocycles. The Hall–Kier alpha value is -4.17. The number of hydrogen-bond acceptors (Lipinski definition) is 5. The summed E-state index contributed by atoms with van der Waals surface area (Å²) in [6.45, 7) is 6.96. The Morgan fingerprint density at radius 3 is 2.18 bits per heavy atom. The van der Waals surface area contributed by atoms with Crippen LogP contribution in [0.2, 0.25) is 0 Å². The largest absolute Gasteiger partial charge is 0.465 e. The van der Waals surface area contributed by atoms with Crippen molar-refractivity contribution in [3.05, 3.63) is 119 Å². The molecule has 1 aliphatic rings. The van der Waals surface area contributed by atoms with Gasteiger partial charge in [-0.05, 0) is 49.7 Å². The number of esters is 1. The quantitative estimate of drug-likeness (QED) is 0.307. The molecule has 0 aliphatic carbocycles. The predicted molar refractivity (Wildman–Crippen MR) is 150 cm³/mol. The Balaban J connectivity index is 1.27. The first kappa shape index (κ1) is 26.4. The Morgan fingerprint density at radius 1 is 0.872 bits per heavy atom. The lowest BCUT2D eigenvalue weighted by atomic mass is 10.0. The minimum atomic E-state index is -0.426. The second kappa shape index (κ2) is 11.7. The molecule has 1 aromatic heterocycles. The van der Waals surface area contributed by atoms with Gasteiger partial charge in [0.05, 0.1) is 18.3 Å². The second-order valence-corrected chi connectivity index (χ2v) is 9.66. The summed E-state index contributed by atoms with van der Waals surface area (Å²) in [5, 5.41) is 0. The van der Waals surface area contributed by atoms with Crippen LogP contribution in [0.15, 0.2) is 96.1 Å². The van der Waals surface area contributed by atoms with Gasteiger partial charge in [0, 0.05) is 49.8 Å². The van der Waals surface area contributed by atoms with Crippen LogP contribution in [0.5, 0.6) is 0 Å². The van der Waals surface area contributed by atoms with E-state index >= 15 is 0 Å². The van der Waals surface area contributed by atoms with Crippen LogP contribution < -0.4 is 10.6 Å². The number of hydrogen-bond donors (Lipinski definition) is 0. The van der Waals surface area contributed by atoms with Gasteiger partial charge in [-0.15, -0.1) is 0 Å². The van der Waals surface area contributed by atoms with Crippen molar-refractivity contribution >= 4 is 11.7 Å². The van der Waals surface area contributed by atoms with E-state index < -0.39 is 12.1 Å². The Labute approximate surface area is 227 Å². The smallest absolute Gasteiger partial charge is 0.333 e. The molecular weight excluding hydrogens is 495 g/mol. The second-order valence-electron chi connectivity index (χ2n) is 9.66. The molecule has 0 unspecified atom stereocenters. The van der Waals surface area contributed by atoms with Crippen molar-refractivity contribution in [1.29, 1.82) is 0 Å². The number of aromatic nitrogens is 2. The average molecular weight is 529 g/mol. The fourth-order valence-corrected chi connectivity index (χ4v) is 5.26. The van der Waals surface area contributed by atoms with Crippen LogP contribution >= 0.6 is 0 Å². The zero-order valence-corrected chi connectivity index (χ0v) is 22.2. The van der Waals surface area contributed by atoms with Gasteiger partial charge in [0.2, 0.25) is 0 Å². The number of rotatable bonds is 8. The molecule has 3 aromatic carbocycles. The molecule has 8 heteroatoms. The van der Waals surface area contributed by atoms with Gasteiger partial charge in [0.1, 0.15) is 11.9 Å². The SMILES string of the molecule is CCOC(=O)[C@H](c1ccccc1)N1CCN(c2ccc(-n3ccn([C@H](C)c4ccccc4F)c3=O)cc2)CC1. The summed E-state index contributed by atoms with van der Waals surface area (Å²) in [6.07, 6.45) is 3.41. The average Bonchev–Trinajstić information content (AvgIpc) is 3.35. The fourth-order valence-electron chi connectivity index (χ4n) is 5.26. The number of halogens is 1. The van der Waals surface area contributed by atoms with Crippen molar-refractivity contribution in [2.24, 2.45) is 0 Å². The van der Waals surface area contributed by atoms with E-state index in [0.29, 0.717) is 12.2 Å². The molecule has 0 spiro atoms. The summed E-state index contributed by atoms with van der Waals surface area (Å²) < 4.78 is 22.8. The van der Waals surface area contributed by atoms with Crippen LogP contribution in [0.4, 0.5) is 10.1 Å². The summed E-state index contributed by atoms with van der Waals surface area (Å²) in [7, 11) is 0. The van der Waals surface area contributed by atoms with Crippen molar-refractivity contribution in [3.8, 4) is 5.69 Å². The topological polar surface area (TPSA) is 59.7 Å². The lowest BCUT2D eigenvalue weighted by Gasteiger charge is -2.39. The molecule has 39 heavy (non-hydrogen) atoms. The molecule has 1 fully saturated rings. The molecule has 0 radical (unpaired) electrons. The van der Waals surface area contributed by atoms with E-state index in [1.165, 1.54) is 10.6 Å². The minimum Gasteiger partial charge on any atom is -0.465 e. The van der Waals surface area contributed by atoms with E-state index in [1.54, 1.807) is 35.2 Å². The number of ether oxygens (including phenoxy) is 1. The molecule has 0 N–H and O–H groups in total. The Bertz CT molecular complexity index is 1460. The number of anilines is 1. The summed E-state index contributed by atoms with van der Waals surface area (Å²) >= 11 is 0. The first-order chi connectivity index (χ1) is 19.0. The van der Waals surface area contributed by atoms with Gasteiger partial charge >= 0.3 is 11.7 Å². The third kappa shape index (κ3) is 5.52. The van der Waals surface area contributed by atoms with Crippen molar-refractivity contribution in [2.45, 2.75) is 25.9 Å². The summed E-state index contributed by atoms with van der Waals surface area (Å²) in [5.41, 5.74) is 2.99. The number of piperazine rings is 1. The van der Waals surface area contributed by atoms with Gasteiger partial charge in [-0.1, -0.05) is 48.5 Å². The van der Waals surface area contributed by atoms with E-state index in [2.05, 4.69) is 9.80 Å². The zero-order chi connectivity index (χ0) is 27.4. The zero-order valence-electron chi connectivity index (χ0n) is 22.2. The molecule has 2 heterocycles. The lowest BCUT2D eigenvalue weighted by molar-refractivity contribution is -0.150. The molecule has 0 saturated carbocycles. The van der Waals surface area contributed by atoms with Crippen molar-refractivity contribution in [1.82, 2.24) is 14.0 Å². The van der Waals surface area contributed by atoms with Gasteiger partial charge in [-0.2, -0.15) is 0 Å². The monoisotopic (exact) mass is 528 g/mol. The highest BCUT2D eigenvalue weighted by Crippen LogP contribution is 2.26. The summed E-state index contributed by atoms with van der Waals surface area (Å²) in [4.78, 5) is 30.4. The Morgan fingerprint density at radius 2 is 1.51 bits per heavy atom. The first-order valence-corrected chi connectivity index (χ1v) is 13.3. The van der Waals surface area contributed by atoms with Gasteiger partial charge in [0.25, 0.3) is 0 Å². The van der Waals surface area contributed by atoms with Crippen molar-refractivity contribution in [3.63, 3.8) is 0 Å². The number of imidazole rings is 1. The van der Waals surface area contributed by atoms with Crippen LogP contribution in [-0.2, 0) is 9.53 Å². The van der Waals surface area contributed by atoms with E-state index in [4.69, 9.17) is 4.74 Å². The number of carbonyl (C=O) groups is 1. The van der Waals surface area contributed by atoms with Gasteiger partial charge in [-0.25, -0.2) is 14.0 Å². The first-order valence-electron chi connectivity index (χ1n) is 13.3. The fraction of sp³-hybridized carbons (Fsp3) is 0.290. The van der Waals surface area contributed by atoms with Crippen LogP contribution in [0.1, 0.15) is 37.1 Å². The molecule has 4 aromatic rings. The maximum absolute atomic E-state index is 14.3. The maximum Gasteiger partial charge on any atom is 0.333 e. The number of nitrogens with zero attached hydrogens (tertiary/aromatic N) is 4. The summed E-state index contributed by atoms with van der Waals surface area (Å²) in [6, 6.07) is 23.3. The third-order valence-corrected chi connectivity index (χ3v) is 7.37. The van der Waals surface area contributed by atoms with E-state index in [0.717, 1.165) is 43.1 Å². The van der Waals surface area contributed by atoms with E-state index in [9.17, 15) is 14.0 Å². The molecule has 0 bridgehead atoms. The van der Waals surface area contributed by atoms with Gasteiger partial charge in [0.15, 0.2) is 0 Å². The molecule has 202 valence electrons. The summed E-state index contributed by atoms with van der Waals surface area (Å²) in [5.74, 6) is -0.547. The van der Waals surface area contributed by atoms with Crippen molar-refractivity contribution < 1.29 is 13.9 Å². The molecule has 2 atom stereocenters. The van der Waals surface area contributed by atoms with Crippen LogP contribution in [0.25, 0.3) is 5.69 Å². The highest BCUT2D eigenvalue weighted by atomic mass is 19.1. The van der Waals surface area contributed by atoms with Crippen LogP contribution in [-0.4, -0.2) is 52.8 Å². The van der Waals surface area contributed by atoms with Gasteiger partial charge < -0.3 is 9.64 Å². The molecule has 5 rings (SSSR count). The van der Waals surface area contributed by atoms with Crippen molar-refractivity contribution in [2.75, 3.05) is 37.7 Å². The normalized spacial score (nSPS) is 15.6. The lowest BCUT2D eigenvalue weighted by Crippen LogP contribution is -2.49. The van der Waals surface area contributed by atoms with Gasteiger partial charge in [-0.3, -0.25) is 14.0 Å². The van der Waals surface area contributed by atoms with Crippen LogP contribution in [0.3, 0.4) is 0 Å². The molecule has 1 saturated heterocycles. The van der Waals surface area contributed by atoms with E-state index in [-0.39, 0.29) is 17.5 Å². The predicted octanol–water partition coefficient (Wildman–Crippen LogP) is 4.81. The molecule has 0 amide bonds. The van der Waals surface area contributed by atoms with Crippen LogP contribution in [0, 0.1) is 5.82 Å². The number of benzene rings is 3. The Kier molecular flexibility index (Phi) is 7.93. The number of carbonyl (C=O) groups excluding carboxylic acids is 1. The molecular formula is C31H33FN4O3.